The molecule has 1 saturated carbocycles. The highest BCUT2D eigenvalue weighted by Crippen LogP contribution is 2.42. The van der Waals surface area contributed by atoms with Crippen LogP contribution in [0.5, 0.6) is 0 Å². The highest BCUT2D eigenvalue weighted by molar-refractivity contribution is 5.78. The molecule has 0 aliphatic heterocycles. The van der Waals surface area contributed by atoms with Crippen LogP contribution in [0.4, 0.5) is 14.5 Å². The zero-order valence-electron chi connectivity index (χ0n) is 10.1. The molecular weight excluding hydrogens is 240 g/mol. The Balaban J connectivity index is 2.02. The van der Waals surface area contributed by atoms with Crippen LogP contribution in [0.1, 0.15) is 19.3 Å². The zero-order chi connectivity index (χ0) is 13.2. The maximum Gasteiger partial charge on any atom is 0.313 e. The summed E-state index contributed by atoms with van der Waals surface area (Å²) in [6.07, 6.45) is 2.50. The predicted octanol–water partition coefficient (Wildman–Crippen LogP) is 2.72. The molecule has 0 amide bonds. The lowest BCUT2D eigenvalue weighted by Crippen LogP contribution is -2.44. The molecule has 1 aromatic rings. The van der Waals surface area contributed by atoms with E-state index in [9.17, 15) is 13.6 Å². The van der Waals surface area contributed by atoms with Crippen molar-refractivity contribution in [1.82, 2.24) is 0 Å². The average molecular weight is 255 g/mol. The molecule has 0 heterocycles. The van der Waals surface area contributed by atoms with Gasteiger partial charge in [-0.1, -0.05) is 6.42 Å². The zero-order valence-corrected chi connectivity index (χ0v) is 10.1. The van der Waals surface area contributed by atoms with Crippen LogP contribution in [-0.4, -0.2) is 19.6 Å². The van der Waals surface area contributed by atoms with Crippen molar-refractivity contribution in [2.75, 3.05) is 19.0 Å². The van der Waals surface area contributed by atoms with Crippen LogP contribution >= 0.6 is 0 Å². The Morgan fingerprint density at radius 2 is 2.11 bits per heavy atom. The van der Waals surface area contributed by atoms with Crippen molar-refractivity contribution in [1.29, 1.82) is 0 Å². The van der Waals surface area contributed by atoms with E-state index < -0.39 is 17.0 Å². The van der Waals surface area contributed by atoms with Crippen LogP contribution in [0.25, 0.3) is 0 Å². The minimum atomic E-state index is -0.902. The van der Waals surface area contributed by atoms with Gasteiger partial charge in [-0.25, -0.2) is 8.78 Å². The number of rotatable bonds is 4. The number of hydrogen-bond acceptors (Lipinski definition) is 3. The molecule has 0 saturated heterocycles. The van der Waals surface area contributed by atoms with Gasteiger partial charge < -0.3 is 10.1 Å². The van der Waals surface area contributed by atoms with Crippen molar-refractivity contribution in [3.05, 3.63) is 29.8 Å². The molecule has 0 atom stereocenters. The van der Waals surface area contributed by atoms with Gasteiger partial charge in [-0.3, -0.25) is 4.79 Å². The van der Waals surface area contributed by atoms with Crippen molar-refractivity contribution >= 4 is 11.7 Å². The number of carbonyl (C=O) groups excluding carboxylic acids is 1. The first kappa shape index (κ1) is 12.8. The molecule has 0 radical (unpaired) electrons. The first-order valence-corrected chi connectivity index (χ1v) is 5.85. The fraction of sp³-hybridized carbons (Fsp3) is 0.462. The minimum absolute atomic E-state index is 0.246. The molecule has 98 valence electrons. The summed E-state index contributed by atoms with van der Waals surface area (Å²) >= 11 is 0. The topological polar surface area (TPSA) is 38.3 Å². The lowest BCUT2D eigenvalue weighted by Gasteiger charge is -2.39. The molecule has 1 aliphatic carbocycles. The van der Waals surface area contributed by atoms with Crippen LogP contribution in [0.2, 0.25) is 0 Å². The van der Waals surface area contributed by atoms with Gasteiger partial charge in [0.2, 0.25) is 0 Å². The number of benzene rings is 1. The van der Waals surface area contributed by atoms with Gasteiger partial charge in [0.05, 0.1) is 12.5 Å². The smallest absolute Gasteiger partial charge is 0.313 e. The number of nitrogens with one attached hydrogen (secondary N) is 1. The summed E-state index contributed by atoms with van der Waals surface area (Å²) in [5.74, 6) is -2.03. The van der Waals surface area contributed by atoms with Crippen molar-refractivity contribution in [3.63, 3.8) is 0 Å². The summed E-state index contributed by atoms with van der Waals surface area (Å²) in [7, 11) is 1.36. The van der Waals surface area contributed by atoms with Crippen LogP contribution in [-0.2, 0) is 9.53 Å². The Hall–Kier alpha value is -1.65. The Bertz CT molecular complexity index is 458. The monoisotopic (exact) mass is 255 g/mol. The second-order valence-corrected chi connectivity index (χ2v) is 4.61. The summed E-state index contributed by atoms with van der Waals surface area (Å²) in [4.78, 5) is 11.7. The number of anilines is 1. The van der Waals surface area contributed by atoms with Gasteiger partial charge in [0.25, 0.3) is 0 Å². The van der Waals surface area contributed by atoms with Crippen molar-refractivity contribution < 1.29 is 18.3 Å². The second kappa shape index (κ2) is 4.92. The van der Waals surface area contributed by atoms with E-state index in [1.54, 1.807) is 0 Å². The molecule has 0 aromatic heterocycles. The molecule has 1 N–H and O–H groups in total. The first-order valence-electron chi connectivity index (χ1n) is 5.85. The third kappa shape index (κ3) is 2.30. The largest absolute Gasteiger partial charge is 0.469 e. The van der Waals surface area contributed by atoms with Gasteiger partial charge in [0.15, 0.2) is 11.6 Å². The van der Waals surface area contributed by atoms with Crippen LogP contribution in [0.15, 0.2) is 18.2 Å². The van der Waals surface area contributed by atoms with Crippen LogP contribution in [0, 0.1) is 17.0 Å². The lowest BCUT2D eigenvalue weighted by atomic mass is 9.68. The van der Waals surface area contributed by atoms with Crippen LogP contribution < -0.4 is 5.32 Å². The molecule has 1 aliphatic rings. The molecule has 5 heteroatoms. The molecule has 3 nitrogen and oxygen atoms in total. The number of carbonyl (C=O) groups is 1. The van der Waals surface area contributed by atoms with E-state index in [-0.39, 0.29) is 5.97 Å². The van der Waals surface area contributed by atoms with E-state index in [2.05, 4.69) is 5.32 Å². The molecule has 0 bridgehead atoms. The second-order valence-electron chi connectivity index (χ2n) is 4.61. The number of ether oxygens (including phenoxy) is 1. The van der Waals surface area contributed by atoms with Gasteiger partial charge in [0.1, 0.15) is 0 Å². The molecule has 18 heavy (non-hydrogen) atoms. The molecule has 0 unspecified atom stereocenters. The summed E-state index contributed by atoms with van der Waals surface area (Å²) in [5, 5.41) is 2.96. The Labute approximate surface area is 104 Å². The first-order chi connectivity index (χ1) is 8.57. The summed E-state index contributed by atoms with van der Waals surface area (Å²) < 4.78 is 30.5. The third-order valence-corrected chi connectivity index (χ3v) is 3.48. The summed E-state index contributed by atoms with van der Waals surface area (Å²) in [6, 6.07) is 3.59. The quantitative estimate of drug-likeness (QED) is 0.841. The van der Waals surface area contributed by atoms with E-state index in [4.69, 9.17) is 4.74 Å². The molecular formula is C13H15F2NO2. The normalized spacial score (nSPS) is 16.8. The van der Waals surface area contributed by atoms with E-state index in [1.165, 1.54) is 13.2 Å². The maximum atomic E-state index is 13.0. The van der Waals surface area contributed by atoms with E-state index in [1.807, 2.05) is 0 Å². The highest BCUT2D eigenvalue weighted by atomic mass is 19.2. The Morgan fingerprint density at radius 3 is 2.61 bits per heavy atom. The van der Waals surface area contributed by atoms with E-state index in [0.29, 0.717) is 12.2 Å². The molecule has 2 rings (SSSR count). The standard InChI is InChI=1S/C13H15F2NO2/c1-18-12(17)13(5-2-6-13)8-16-9-3-4-10(14)11(15)7-9/h3-4,7,16H,2,5-6,8H2,1H3. The Morgan fingerprint density at radius 1 is 1.39 bits per heavy atom. The number of halogens is 2. The number of esters is 1. The Kier molecular flexibility index (Phi) is 3.50. The predicted molar refractivity (Wildman–Crippen MR) is 63.1 cm³/mol. The minimum Gasteiger partial charge on any atom is -0.469 e. The number of methoxy groups -OCH3 is 1. The fourth-order valence-electron chi connectivity index (χ4n) is 2.15. The third-order valence-electron chi connectivity index (χ3n) is 3.48. The van der Waals surface area contributed by atoms with Gasteiger partial charge >= 0.3 is 5.97 Å². The molecule has 1 fully saturated rings. The number of hydrogen-bond donors (Lipinski definition) is 1. The summed E-state index contributed by atoms with van der Waals surface area (Å²) in [6.45, 7) is 0.380. The van der Waals surface area contributed by atoms with E-state index in [0.717, 1.165) is 31.4 Å². The van der Waals surface area contributed by atoms with Gasteiger partial charge in [-0.15, -0.1) is 0 Å². The van der Waals surface area contributed by atoms with Crippen molar-refractivity contribution in [2.45, 2.75) is 19.3 Å². The lowest BCUT2D eigenvalue weighted by molar-refractivity contribution is -0.157. The van der Waals surface area contributed by atoms with E-state index >= 15 is 0 Å². The average Bonchev–Trinajstić information content (AvgIpc) is 2.31. The van der Waals surface area contributed by atoms with Gasteiger partial charge in [-0.2, -0.15) is 0 Å². The van der Waals surface area contributed by atoms with Crippen molar-refractivity contribution in [3.8, 4) is 0 Å². The van der Waals surface area contributed by atoms with Crippen molar-refractivity contribution in [2.24, 2.45) is 5.41 Å². The van der Waals surface area contributed by atoms with Gasteiger partial charge in [0, 0.05) is 12.2 Å². The maximum absolute atomic E-state index is 13.0. The molecule has 0 spiro atoms. The fourth-order valence-corrected chi connectivity index (χ4v) is 2.15. The van der Waals surface area contributed by atoms with Crippen LogP contribution in [0.3, 0.4) is 0 Å². The SMILES string of the molecule is COC(=O)C1(CNc2ccc(F)c(F)c2)CCC1. The highest BCUT2D eigenvalue weighted by Gasteiger charge is 2.45. The summed E-state index contributed by atoms with van der Waals surface area (Å²) in [5.41, 5.74) is -0.0522. The van der Waals surface area contributed by atoms with Gasteiger partial charge in [-0.05, 0) is 31.0 Å². The molecule has 1 aromatic carbocycles.